The normalized spacial score (nSPS) is 10.7. The van der Waals surface area contributed by atoms with Gasteiger partial charge in [0.2, 0.25) is 0 Å². The Hall–Kier alpha value is -1.32. The lowest BCUT2D eigenvalue weighted by molar-refractivity contribution is -0.0498. The molecule has 0 atom stereocenters. The zero-order valence-corrected chi connectivity index (χ0v) is 8.13. The maximum Gasteiger partial charge on any atom is 0.387 e. The Kier molecular flexibility index (Phi) is 3.68. The van der Waals surface area contributed by atoms with Gasteiger partial charge < -0.3 is 10.1 Å². The third-order valence-corrected chi connectivity index (χ3v) is 1.53. The zero-order chi connectivity index (χ0) is 10.6. The number of anilines is 1. The van der Waals surface area contributed by atoms with E-state index in [0.29, 0.717) is 6.04 Å². The lowest BCUT2D eigenvalue weighted by atomic mass is 10.3. The molecule has 0 radical (unpaired) electrons. The molecule has 0 saturated carbocycles. The minimum absolute atomic E-state index is 0.175. The number of hydrogen-bond acceptors (Lipinski definition) is 2. The molecular weight excluding hydrogens is 188 g/mol. The number of rotatable bonds is 4. The van der Waals surface area contributed by atoms with Crippen LogP contribution in [-0.2, 0) is 0 Å². The first-order valence-corrected chi connectivity index (χ1v) is 4.39. The highest BCUT2D eigenvalue weighted by Gasteiger charge is 2.03. The number of benzene rings is 1. The maximum absolute atomic E-state index is 11.8. The second-order valence-corrected chi connectivity index (χ2v) is 3.20. The van der Waals surface area contributed by atoms with Gasteiger partial charge >= 0.3 is 6.61 Å². The van der Waals surface area contributed by atoms with Gasteiger partial charge in [-0.3, -0.25) is 0 Å². The third kappa shape index (κ3) is 3.60. The van der Waals surface area contributed by atoms with Crippen molar-refractivity contribution in [3.8, 4) is 5.75 Å². The molecule has 2 nitrogen and oxygen atoms in total. The van der Waals surface area contributed by atoms with Crippen LogP contribution in [0.2, 0.25) is 0 Å². The topological polar surface area (TPSA) is 21.3 Å². The van der Waals surface area contributed by atoms with Crippen LogP contribution in [0.3, 0.4) is 0 Å². The molecule has 0 heterocycles. The second-order valence-electron chi connectivity index (χ2n) is 3.20. The molecule has 14 heavy (non-hydrogen) atoms. The zero-order valence-electron chi connectivity index (χ0n) is 8.13. The fourth-order valence-electron chi connectivity index (χ4n) is 1.07. The van der Waals surface area contributed by atoms with Gasteiger partial charge in [-0.05, 0) is 38.1 Å². The molecule has 0 saturated heterocycles. The number of halogens is 2. The van der Waals surface area contributed by atoms with E-state index in [9.17, 15) is 8.78 Å². The highest BCUT2D eigenvalue weighted by Crippen LogP contribution is 2.17. The molecule has 1 rings (SSSR count). The lowest BCUT2D eigenvalue weighted by Crippen LogP contribution is -2.09. The van der Waals surface area contributed by atoms with Gasteiger partial charge in [0.05, 0.1) is 0 Å². The predicted molar refractivity (Wildman–Crippen MR) is 51.8 cm³/mol. The van der Waals surface area contributed by atoms with Crippen LogP contribution in [-0.4, -0.2) is 12.7 Å². The first kappa shape index (κ1) is 10.8. The summed E-state index contributed by atoms with van der Waals surface area (Å²) in [5.74, 6) is 0.175. The molecular formula is C10H13F2NO. The highest BCUT2D eigenvalue weighted by atomic mass is 19.3. The van der Waals surface area contributed by atoms with Crippen LogP contribution >= 0.6 is 0 Å². The van der Waals surface area contributed by atoms with Crippen molar-refractivity contribution in [3.63, 3.8) is 0 Å². The van der Waals surface area contributed by atoms with E-state index in [-0.39, 0.29) is 5.75 Å². The smallest absolute Gasteiger partial charge is 0.387 e. The third-order valence-electron chi connectivity index (χ3n) is 1.53. The lowest BCUT2D eigenvalue weighted by Gasteiger charge is -2.10. The summed E-state index contributed by atoms with van der Waals surface area (Å²) in [4.78, 5) is 0. The molecule has 0 aliphatic rings. The van der Waals surface area contributed by atoms with Gasteiger partial charge in [-0.25, -0.2) is 0 Å². The van der Waals surface area contributed by atoms with Crippen molar-refractivity contribution < 1.29 is 13.5 Å². The van der Waals surface area contributed by atoms with Crippen molar-refractivity contribution in [3.05, 3.63) is 24.3 Å². The van der Waals surface area contributed by atoms with Gasteiger partial charge in [0, 0.05) is 11.7 Å². The Balaban J connectivity index is 2.59. The number of nitrogens with one attached hydrogen (secondary N) is 1. The van der Waals surface area contributed by atoms with Crippen molar-refractivity contribution in [2.75, 3.05) is 5.32 Å². The molecule has 0 fully saturated rings. The van der Waals surface area contributed by atoms with E-state index < -0.39 is 6.61 Å². The van der Waals surface area contributed by atoms with E-state index in [1.54, 1.807) is 12.1 Å². The van der Waals surface area contributed by atoms with E-state index in [2.05, 4.69) is 10.1 Å². The summed E-state index contributed by atoms with van der Waals surface area (Å²) < 4.78 is 27.8. The van der Waals surface area contributed by atoms with Gasteiger partial charge in [-0.1, -0.05) is 0 Å². The Labute approximate surface area is 81.9 Å². The van der Waals surface area contributed by atoms with Gasteiger partial charge in [0.1, 0.15) is 5.75 Å². The van der Waals surface area contributed by atoms with Crippen molar-refractivity contribution >= 4 is 5.69 Å². The van der Waals surface area contributed by atoms with E-state index >= 15 is 0 Å². The van der Waals surface area contributed by atoms with E-state index in [4.69, 9.17) is 0 Å². The average molecular weight is 201 g/mol. The fraction of sp³-hybridized carbons (Fsp3) is 0.400. The molecule has 1 aromatic rings. The summed E-state index contributed by atoms with van der Waals surface area (Å²) in [6.45, 7) is 1.24. The molecule has 0 aliphatic heterocycles. The van der Waals surface area contributed by atoms with Crippen LogP contribution in [0.15, 0.2) is 24.3 Å². The Morgan fingerprint density at radius 3 is 2.14 bits per heavy atom. The van der Waals surface area contributed by atoms with Gasteiger partial charge in [0.15, 0.2) is 0 Å². The summed E-state index contributed by atoms with van der Waals surface area (Å²) in [6, 6.07) is 6.75. The molecule has 0 bridgehead atoms. The summed E-state index contributed by atoms with van der Waals surface area (Å²) >= 11 is 0. The summed E-state index contributed by atoms with van der Waals surface area (Å²) in [6.07, 6.45) is 0. The van der Waals surface area contributed by atoms with Crippen molar-refractivity contribution in [2.24, 2.45) is 0 Å². The van der Waals surface area contributed by atoms with Gasteiger partial charge in [0.25, 0.3) is 0 Å². The van der Waals surface area contributed by atoms with Crippen molar-refractivity contribution in [2.45, 2.75) is 26.5 Å². The van der Waals surface area contributed by atoms with Crippen LogP contribution in [0.5, 0.6) is 5.75 Å². The van der Waals surface area contributed by atoms with Gasteiger partial charge in [-0.15, -0.1) is 0 Å². The summed E-state index contributed by atoms with van der Waals surface area (Å²) in [5, 5.41) is 3.14. The second kappa shape index (κ2) is 4.79. The van der Waals surface area contributed by atoms with E-state index in [1.807, 2.05) is 13.8 Å². The summed E-state index contributed by atoms with van der Waals surface area (Å²) in [7, 11) is 0. The maximum atomic E-state index is 11.8. The number of ether oxygens (including phenoxy) is 1. The fourth-order valence-corrected chi connectivity index (χ4v) is 1.07. The molecule has 0 spiro atoms. The standard InChI is InChI=1S/C10H13F2NO/c1-7(2)13-8-3-5-9(6-4-8)14-10(11)12/h3-7,10,13H,1-2H3. The molecule has 0 aliphatic carbocycles. The minimum Gasteiger partial charge on any atom is -0.435 e. The van der Waals surface area contributed by atoms with E-state index in [0.717, 1.165) is 5.69 Å². The van der Waals surface area contributed by atoms with Crippen LogP contribution in [0.1, 0.15) is 13.8 Å². The molecule has 4 heteroatoms. The average Bonchev–Trinajstić information content (AvgIpc) is 2.06. The van der Waals surface area contributed by atoms with Crippen molar-refractivity contribution in [1.82, 2.24) is 0 Å². The monoisotopic (exact) mass is 201 g/mol. The van der Waals surface area contributed by atoms with E-state index in [1.165, 1.54) is 12.1 Å². The van der Waals surface area contributed by atoms with Crippen LogP contribution in [0.25, 0.3) is 0 Å². The highest BCUT2D eigenvalue weighted by molar-refractivity contribution is 5.46. The van der Waals surface area contributed by atoms with Crippen LogP contribution in [0.4, 0.5) is 14.5 Å². The predicted octanol–water partition coefficient (Wildman–Crippen LogP) is 3.11. The van der Waals surface area contributed by atoms with Crippen LogP contribution in [0, 0.1) is 0 Å². The molecule has 1 aromatic carbocycles. The first-order chi connectivity index (χ1) is 6.58. The molecule has 78 valence electrons. The molecule has 0 aromatic heterocycles. The Morgan fingerprint density at radius 1 is 1.14 bits per heavy atom. The van der Waals surface area contributed by atoms with Crippen LogP contribution < -0.4 is 10.1 Å². The van der Waals surface area contributed by atoms with Gasteiger partial charge in [-0.2, -0.15) is 8.78 Å². The SMILES string of the molecule is CC(C)Nc1ccc(OC(F)F)cc1. The Morgan fingerprint density at radius 2 is 1.71 bits per heavy atom. The quantitative estimate of drug-likeness (QED) is 0.808. The Bertz CT molecular complexity index is 243. The first-order valence-electron chi connectivity index (χ1n) is 4.39. The van der Waals surface area contributed by atoms with Crippen molar-refractivity contribution in [1.29, 1.82) is 0 Å². The number of hydrogen-bond donors (Lipinski definition) is 1. The summed E-state index contributed by atoms with van der Waals surface area (Å²) in [5.41, 5.74) is 0.890. The largest absolute Gasteiger partial charge is 0.435 e. The molecule has 0 amide bonds. The minimum atomic E-state index is -2.76. The molecule has 0 unspecified atom stereocenters. The number of alkyl halides is 2. The molecule has 1 N–H and O–H groups in total.